The Labute approximate surface area is 149 Å². The molecule has 0 bridgehead atoms. The molecule has 0 saturated heterocycles. The van der Waals surface area contributed by atoms with Crippen molar-refractivity contribution in [2.75, 3.05) is 18.4 Å². The number of carbonyl (C=O) groups excluding carboxylic acids is 2. The zero-order valence-corrected chi connectivity index (χ0v) is 15.3. The van der Waals surface area contributed by atoms with Crippen molar-refractivity contribution in [1.29, 1.82) is 0 Å². The second-order valence-electron chi connectivity index (χ2n) is 4.92. The number of carbonyl (C=O) groups is 2. The molecule has 1 N–H and O–H groups in total. The van der Waals surface area contributed by atoms with Crippen LogP contribution in [0.15, 0.2) is 40.6 Å². The Morgan fingerprint density at radius 2 is 1.80 bits per heavy atom. The highest BCUT2D eigenvalue weighted by molar-refractivity contribution is 7.93. The first-order chi connectivity index (χ1) is 11.9. The van der Waals surface area contributed by atoms with E-state index in [9.17, 15) is 18.0 Å². The highest BCUT2D eigenvalue weighted by atomic mass is 32.2. The summed E-state index contributed by atoms with van der Waals surface area (Å²) in [6.45, 7) is 2.21. The van der Waals surface area contributed by atoms with Gasteiger partial charge >= 0.3 is 11.9 Å². The third-order valence-corrected chi connectivity index (χ3v) is 5.55. The minimum atomic E-state index is -3.96. The molecule has 1 aromatic heterocycles. The number of rotatable bonds is 7. The molecule has 0 aliphatic carbocycles. The predicted octanol–water partition coefficient (Wildman–Crippen LogP) is 2.90. The first-order valence-electron chi connectivity index (χ1n) is 7.35. The summed E-state index contributed by atoms with van der Waals surface area (Å²) in [5.74, 6) is -1.19. The minimum Gasteiger partial charge on any atom is -0.465 e. The Hall–Kier alpha value is -2.39. The van der Waals surface area contributed by atoms with E-state index in [2.05, 4.69) is 9.46 Å². The molecule has 0 amide bonds. The molecule has 25 heavy (non-hydrogen) atoms. The van der Waals surface area contributed by atoms with Crippen LogP contribution < -0.4 is 4.72 Å². The lowest BCUT2D eigenvalue weighted by Crippen LogP contribution is -2.16. The number of esters is 2. The Morgan fingerprint density at radius 3 is 2.40 bits per heavy atom. The Morgan fingerprint density at radius 1 is 1.12 bits per heavy atom. The number of nitrogens with one attached hydrogen (secondary N) is 1. The highest BCUT2D eigenvalue weighted by Crippen LogP contribution is 2.25. The third-order valence-electron chi connectivity index (χ3n) is 3.10. The number of ether oxygens (including phenoxy) is 2. The summed E-state index contributed by atoms with van der Waals surface area (Å²) in [6, 6.07) is 7.15. The van der Waals surface area contributed by atoms with Crippen molar-refractivity contribution in [3.05, 3.63) is 46.2 Å². The second-order valence-corrected chi connectivity index (χ2v) is 7.49. The third kappa shape index (κ3) is 4.58. The number of hydrogen-bond donors (Lipinski definition) is 1. The van der Waals surface area contributed by atoms with Crippen molar-refractivity contribution in [2.24, 2.45) is 0 Å². The normalized spacial score (nSPS) is 11.0. The molecule has 2 aromatic rings. The maximum Gasteiger partial charge on any atom is 0.349 e. The summed E-state index contributed by atoms with van der Waals surface area (Å²) < 4.78 is 36.9. The Balaban J connectivity index is 2.17. The van der Waals surface area contributed by atoms with Crippen LogP contribution in [0.1, 0.15) is 33.4 Å². The Kier molecular flexibility index (Phi) is 6.16. The highest BCUT2D eigenvalue weighted by Gasteiger charge is 2.24. The number of benzene rings is 1. The molecule has 7 nitrogen and oxygen atoms in total. The molecule has 9 heteroatoms. The van der Waals surface area contributed by atoms with Gasteiger partial charge in [0.05, 0.1) is 19.3 Å². The van der Waals surface area contributed by atoms with Crippen molar-refractivity contribution >= 4 is 39.0 Å². The van der Waals surface area contributed by atoms with Gasteiger partial charge in [-0.15, -0.1) is 11.3 Å². The number of thiophene rings is 1. The molecule has 0 saturated carbocycles. The van der Waals surface area contributed by atoms with E-state index in [0.717, 1.165) is 11.3 Å². The molecular formula is C16H17NO6S2. The van der Waals surface area contributed by atoms with Crippen LogP contribution in [0.3, 0.4) is 0 Å². The summed E-state index contributed by atoms with van der Waals surface area (Å²) in [7, 11) is -2.78. The van der Waals surface area contributed by atoms with Gasteiger partial charge < -0.3 is 9.47 Å². The molecule has 0 aliphatic rings. The minimum absolute atomic E-state index is 0.00485. The van der Waals surface area contributed by atoms with Gasteiger partial charge in [0, 0.05) is 5.69 Å². The van der Waals surface area contributed by atoms with Gasteiger partial charge in [0.25, 0.3) is 10.0 Å². The number of sulfonamides is 1. The van der Waals surface area contributed by atoms with Gasteiger partial charge in [0.1, 0.15) is 9.77 Å². The fourth-order valence-electron chi connectivity index (χ4n) is 1.91. The summed E-state index contributed by atoms with van der Waals surface area (Å²) in [5, 5.41) is 1.49. The molecule has 1 aromatic carbocycles. The van der Waals surface area contributed by atoms with E-state index in [-0.39, 0.29) is 15.5 Å². The van der Waals surface area contributed by atoms with Crippen LogP contribution in [0.25, 0.3) is 0 Å². The van der Waals surface area contributed by atoms with Crippen LogP contribution in [0.4, 0.5) is 5.69 Å². The lowest BCUT2D eigenvalue weighted by molar-refractivity contribution is 0.0504. The van der Waals surface area contributed by atoms with Gasteiger partial charge in [-0.3, -0.25) is 4.72 Å². The molecule has 0 radical (unpaired) electrons. The smallest absolute Gasteiger partial charge is 0.349 e. The SMILES string of the molecule is CCCOC(=O)c1ccc(NS(=O)(=O)c2ccsc2C(=O)OC)cc1. The molecule has 0 fully saturated rings. The molecule has 0 spiro atoms. The first kappa shape index (κ1) is 18.9. The molecule has 0 atom stereocenters. The fourth-order valence-corrected chi connectivity index (χ4v) is 4.31. The molecule has 0 unspecified atom stereocenters. The van der Waals surface area contributed by atoms with Gasteiger partial charge in [-0.25, -0.2) is 18.0 Å². The number of hydrogen-bond acceptors (Lipinski definition) is 7. The van der Waals surface area contributed by atoms with Crippen LogP contribution in [-0.4, -0.2) is 34.1 Å². The maximum atomic E-state index is 12.5. The van der Waals surface area contributed by atoms with E-state index in [1.165, 1.54) is 42.8 Å². The van der Waals surface area contributed by atoms with Crippen molar-refractivity contribution in [3.63, 3.8) is 0 Å². The van der Waals surface area contributed by atoms with Gasteiger partial charge in [0.15, 0.2) is 0 Å². The van der Waals surface area contributed by atoms with Crippen molar-refractivity contribution in [1.82, 2.24) is 0 Å². The first-order valence-corrected chi connectivity index (χ1v) is 9.71. The average molecular weight is 383 g/mol. The monoisotopic (exact) mass is 383 g/mol. The van der Waals surface area contributed by atoms with Gasteiger partial charge in [-0.05, 0) is 42.1 Å². The van der Waals surface area contributed by atoms with Gasteiger partial charge in [-0.1, -0.05) is 6.92 Å². The quantitative estimate of drug-likeness (QED) is 0.738. The lowest BCUT2D eigenvalue weighted by atomic mass is 10.2. The number of methoxy groups -OCH3 is 1. The van der Waals surface area contributed by atoms with Gasteiger partial charge in [0.2, 0.25) is 0 Å². The van der Waals surface area contributed by atoms with Crippen LogP contribution in [0, 0.1) is 0 Å². The molecule has 0 aliphatic heterocycles. The maximum absolute atomic E-state index is 12.5. The molecule has 134 valence electrons. The molecular weight excluding hydrogens is 366 g/mol. The van der Waals surface area contributed by atoms with Crippen molar-refractivity contribution in [2.45, 2.75) is 18.2 Å². The summed E-state index contributed by atoms with van der Waals surface area (Å²) in [4.78, 5) is 23.2. The summed E-state index contributed by atoms with van der Waals surface area (Å²) in [6.07, 6.45) is 0.715. The van der Waals surface area contributed by atoms with E-state index < -0.39 is 22.0 Å². The zero-order valence-electron chi connectivity index (χ0n) is 13.6. The van der Waals surface area contributed by atoms with Gasteiger partial charge in [-0.2, -0.15) is 0 Å². The largest absolute Gasteiger partial charge is 0.465 e. The topological polar surface area (TPSA) is 98.8 Å². The number of anilines is 1. The zero-order chi connectivity index (χ0) is 18.4. The van der Waals surface area contributed by atoms with Crippen molar-refractivity contribution in [3.8, 4) is 0 Å². The van der Waals surface area contributed by atoms with Crippen LogP contribution >= 0.6 is 11.3 Å². The standard InChI is InChI=1S/C16H17NO6S2/c1-3-9-23-15(18)11-4-6-12(7-5-11)17-25(20,21)13-8-10-24-14(13)16(19)22-2/h4-8,10,17H,3,9H2,1-2H3. The van der Waals surface area contributed by atoms with E-state index in [0.29, 0.717) is 18.6 Å². The van der Waals surface area contributed by atoms with Crippen LogP contribution in [0.2, 0.25) is 0 Å². The average Bonchev–Trinajstić information content (AvgIpc) is 3.10. The van der Waals surface area contributed by atoms with E-state index in [1.807, 2.05) is 6.92 Å². The van der Waals surface area contributed by atoms with Crippen LogP contribution in [-0.2, 0) is 19.5 Å². The fraction of sp³-hybridized carbons (Fsp3) is 0.250. The lowest BCUT2D eigenvalue weighted by Gasteiger charge is -2.09. The Bertz CT molecular complexity index is 855. The summed E-state index contributed by atoms with van der Waals surface area (Å²) >= 11 is 0.979. The van der Waals surface area contributed by atoms with Crippen molar-refractivity contribution < 1.29 is 27.5 Å². The van der Waals surface area contributed by atoms with E-state index in [4.69, 9.17) is 4.74 Å². The molecule has 2 rings (SSSR count). The van der Waals surface area contributed by atoms with E-state index in [1.54, 1.807) is 0 Å². The second kappa shape index (κ2) is 8.13. The van der Waals surface area contributed by atoms with E-state index >= 15 is 0 Å². The van der Waals surface area contributed by atoms with Crippen LogP contribution in [0.5, 0.6) is 0 Å². The summed E-state index contributed by atoms with van der Waals surface area (Å²) in [5.41, 5.74) is 0.580. The predicted molar refractivity (Wildman–Crippen MR) is 93.5 cm³/mol. The molecule has 1 heterocycles.